The minimum absolute atomic E-state index is 0.305. The Morgan fingerprint density at radius 1 is 1.14 bits per heavy atom. The molecule has 0 bridgehead atoms. The second-order valence-electron chi connectivity index (χ2n) is 7.21. The van der Waals surface area contributed by atoms with Crippen molar-refractivity contribution < 1.29 is 4.79 Å². The fourth-order valence-electron chi connectivity index (χ4n) is 3.27. The zero-order valence-electron chi connectivity index (χ0n) is 15.9. The summed E-state index contributed by atoms with van der Waals surface area (Å²) in [5.41, 5.74) is 9.10. The van der Waals surface area contributed by atoms with E-state index in [0.29, 0.717) is 23.0 Å². The first-order valence-corrected chi connectivity index (χ1v) is 9.70. The van der Waals surface area contributed by atoms with Crippen LogP contribution >= 0.6 is 11.6 Å². The van der Waals surface area contributed by atoms with E-state index in [1.54, 1.807) is 6.20 Å². The van der Waals surface area contributed by atoms with Crippen molar-refractivity contribution in [2.24, 2.45) is 5.73 Å². The van der Waals surface area contributed by atoms with Crippen molar-refractivity contribution in [3.8, 4) is 11.8 Å². The maximum atomic E-state index is 11.9. The minimum Gasteiger partial charge on any atom is -0.369 e. The summed E-state index contributed by atoms with van der Waals surface area (Å²) in [4.78, 5) is 25.0. The van der Waals surface area contributed by atoms with Gasteiger partial charge in [-0.3, -0.25) is 9.78 Å². The third-order valence-electron chi connectivity index (χ3n) is 5.11. The molecule has 2 N–H and O–H groups in total. The highest BCUT2D eigenvalue weighted by molar-refractivity contribution is 6.31. The summed E-state index contributed by atoms with van der Waals surface area (Å²) in [6.07, 6.45) is 5.43. The summed E-state index contributed by atoms with van der Waals surface area (Å²) >= 11 is 6.26. The molecule has 0 saturated heterocycles. The predicted molar refractivity (Wildman–Crippen MR) is 111 cm³/mol. The Balaban J connectivity index is 1.64. The first-order valence-electron chi connectivity index (χ1n) is 9.32. The zero-order chi connectivity index (χ0) is 20.4. The van der Waals surface area contributed by atoms with E-state index in [1.807, 2.05) is 49.5 Å². The van der Waals surface area contributed by atoms with Crippen molar-refractivity contribution in [3.05, 3.63) is 87.7 Å². The molecule has 1 aliphatic carbocycles. The molecule has 4 rings (SSSR count). The molecule has 0 aliphatic heterocycles. The number of benzene rings is 1. The molecular formula is C23H19ClN4O. The maximum absolute atomic E-state index is 11.9. The van der Waals surface area contributed by atoms with E-state index in [9.17, 15) is 4.79 Å². The lowest BCUT2D eigenvalue weighted by atomic mass is 9.91. The Kier molecular flexibility index (Phi) is 5.04. The second kappa shape index (κ2) is 7.65. The van der Waals surface area contributed by atoms with Crippen molar-refractivity contribution in [1.82, 2.24) is 15.0 Å². The fourth-order valence-corrected chi connectivity index (χ4v) is 3.41. The molecule has 0 spiro atoms. The van der Waals surface area contributed by atoms with E-state index in [4.69, 9.17) is 17.3 Å². The van der Waals surface area contributed by atoms with Crippen molar-refractivity contribution >= 4 is 17.5 Å². The monoisotopic (exact) mass is 402 g/mol. The highest BCUT2D eigenvalue weighted by Crippen LogP contribution is 2.48. The summed E-state index contributed by atoms with van der Waals surface area (Å²) in [6.45, 7) is 1.94. The van der Waals surface area contributed by atoms with Crippen LogP contribution in [0.4, 0.5) is 0 Å². The number of hydrogen-bond acceptors (Lipinski definition) is 4. The van der Waals surface area contributed by atoms with E-state index in [-0.39, 0.29) is 5.91 Å². The van der Waals surface area contributed by atoms with Gasteiger partial charge in [0.1, 0.15) is 11.5 Å². The third-order valence-corrected chi connectivity index (χ3v) is 5.39. The van der Waals surface area contributed by atoms with Gasteiger partial charge in [0, 0.05) is 23.9 Å². The van der Waals surface area contributed by atoms with Gasteiger partial charge in [-0.25, -0.2) is 9.97 Å². The molecule has 3 aromatic rings. The Bertz CT molecular complexity index is 1140. The smallest absolute Gasteiger partial charge is 0.228 e. The van der Waals surface area contributed by atoms with Crippen LogP contribution in [0.25, 0.3) is 0 Å². The molecule has 2 heterocycles. The SMILES string of the molecule is Cc1ccc(Cc2ncc(Cl)c(C#Cc3ccccc3C3(C(N)=O)CC3)n2)cn1. The number of rotatable bonds is 4. The van der Waals surface area contributed by atoms with Gasteiger partial charge in [-0.15, -0.1) is 0 Å². The van der Waals surface area contributed by atoms with Crippen molar-refractivity contribution in [2.45, 2.75) is 31.6 Å². The van der Waals surface area contributed by atoms with Crippen LogP contribution in [0.2, 0.25) is 5.02 Å². The number of aromatic nitrogens is 3. The third kappa shape index (κ3) is 3.98. The quantitative estimate of drug-likeness (QED) is 0.678. The van der Waals surface area contributed by atoms with Gasteiger partial charge in [0.05, 0.1) is 16.6 Å². The van der Waals surface area contributed by atoms with E-state index in [1.165, 1.54) is 0 Å². The molecule has 0 atom stereocenters. The lowest BCUT2D eigenvalue weighted by Crippen LogP contribution is -2.29. The van der Waals surface area contributed by atoms with Gasteiger partial charge in [-0.1, -0.05) is 41.8 Å². The minimum atomic E-state index is -0.593. The Morgan fingerprint density at radius 2 is 1.93 bits per heavy atom. The average Bonchev–Trinajstić information content (AvgIpc) is 3.52. The summed E-state index contributed by atoms with van der Waals surface area (Å²) < 4.78 is 0. The van der Waals surface area contributed by atoms with Crippen molar-refractivity contribution in [1.29, 1.82) is 0 Å². The summed E-state index contributed by atoms with van der Waals surface area (Å²) in [7, 11) is 0. The van der Waals surface area contributed by atoms with Crippen molar-refractivity contribution in [2.75, 3.05) is 0 Å². The van der Waals surface area contributed by atoms with Gasteiger partial charge in [0.2, 0.25) is 5.91 Å². The first kappa shape index (κ1) is 19.1. The van der Waals surface area contributed by atoms with Gasteiger partial charge in [0.25, 0.3) is 0 Å². The fraction of sp³-hybridized carbons (Fsp3) is 0.217. The lowest BCUT2D eigenvalue weighted by Gasteiger charge is -2.13. The molecule has 1 aromatic carbocycles. The van der Waals surface area contributed by atoms with Gasteiger partial charge in [-0.05, 0) is 48.9 Å². The number of nitrogens with zero attached hydrogens (tertiary/aromatic N) is 3. The predicted octanol–water partition coefficient (Wildman–Crippen LogP) is 3.34. The highest BCUT2D eigenvalue weighted by atomic mass is 35.5. The number of carbonyl (C=O) groups is 1. The highest BCUT2D eigenvalue weighted by Gasteiger charge is 2.50. The second-order valence-corrected chi connectivity index (χ2v) is 7.62. The molecule has 2 aromatic heterocycles. The number of amides is 1. The normalized spacial score (nSPS) is 14.0. The Morgan fingerprint density at radius 3 is 2.62 bits per heavy atom. The summed E-state index contributed by atoms with van der Waals surface area (Å²) in [5.74, 6) is 6.48. The van der Waals surface area contributed by atoms with Crippen LogP contribution in [0.15, 0.2) is 48.8 Å². The molecule has 1 amide bonds. The Labute approximate surface area is 174 Å². The number of halogens is 1. The maximum Gasteiger partial charge on any atom is 0.228 e. The number of aryl methyl sites for hydroxylation is 1. The van der Waals surface area contributed by atoms with Crippen LogP contribution in [-0.2, 0) is 16.6 Å². The van der Waals surface area contributed by atoms with E-state index >= 15 is 0 Å². The first-order chi connectivity index (χ1) is 14.0. The summed E-state index contributed by atoms with van der Waals surface area (Å²) in [5, 5.41) is 0.386. The Hall–Kier alpha value is -3.23. The number of carbonyl (C=O) groups excluding carboxylic acids is 1. The van der Waals surface area contributed by atoms with Crippen LogP contribution in [0.3, 0.4) is 0 Å². The van der Waals surface area contributed by atoms with E-state index in [2.05, 4.69) is 26.8 Å². The van der Waals surface area contributed by atoms with E-state index in [0.717, 1.165) is 35.2 Å². The molecule has 0 radical (unpaired) electrons. The van der Waals surface area contributed by atoms with Crippen LogP contribution in [-0.4, -0.2) is 20.9 Å². The molecule has 1 aliphatic rings. The van der Waals surface area contributed by atoms with Crippen LogP contribution in [0.5, 0.6) is 0 Å². The van der Waals surface area contributed by atoms with E-state index < -0.39 is 5.41 Å². The summed E-state index contributed by atoms with van der Waals surface area (Å²) in [6, 6.07) is 11.5. The number of nitrogens with two attached hydrogens (primary N) is 1. The number of primary amides is 1. The number of hydrogen-bond donors (Lipinski definition) is 1. The molecule has 29 heavy (non-hydrogen) atoms. The average molecular weight is 403 g/mol. The van der Waals surface area contributed by atoms with Gasteiger partial charge < -0.3 is 5.73 Å². The molecule has 1 saturated carbocycles. The topological polar surface area (TPSA) is 81.8 Å². The molecule has 1 fully saturated rings. The molecule has 6 heteroatoms. The zero-order valence-corrected chi connectivity index (χ0v) is 16.7. The lowest BCUT2D eigenvalue weighted by molar-refractivity contribution is -0.120. The standard InChI is InChI=1S/C23H19ClN4O/c1-15-6-7-16(13-26-15)12-21-27-14-19(24)20(28-21)9-8-17-4-2-3-5-18(17)23(10-11-23)22(25)29/h2-7,13-14H,10-12H2,1H3,(H2,25,29). The molecular weight excluding hydrogens is 384 g/mol. The van der Waals surface area contributed by atoms with Crippen LogP contribution < -0.4 is 5.73 Å². The van der Waals surface area contributed by atoms with Gasteiger partial charge >= 0.3 is 0 Å². The van der Waals surface area contributed by atoms with Crippen LogP contribution in [0, 0.1) is 18.8 Å². The largest absolute Gasteiger partial charge is 0.369 e. The number of pyridine rings is 1. The molecule has 5 nitrogen and oxygen atoms in total. The molecule has 0 unspecified atom stereocenters. The van der Waals surface area contributed by atoms with Gasteiger partial charge in [0.15, 0.2) is 0 Å². The molecule has 144 valence electrons. The van der Waals surface area contributed by atoms with Crippen LogP contribution in [0.1, 0.15) is 46.7 Å². The van der Waals surface area contributed by atoms with Gasteiger partial charge in [-0.2, -0.15) is 0 Å². The van der Waals surface area contributed by atoms with Crippen molar-refractivity contribution in [3.63, 3.8) is 0 Å².